The second-order valence-electron chi connectivity index (χ2n) is 5.93. The fourth-order valence-electron chi connectivity index (χ4n) is 2.43. The summed E-state index contributed by atoms with van der Waals surface area (Å²) in [5, 5.41) is 2.01. The van der Waals surface area contributed by atoms with Gasteiger partial charge in [-0.1, -0.05) is 51.5 Å². The topological polar surface area (TPSA) is 74.8 Å². The van der Waals surface area contributed by atoms with Crippen molar-refractivity contribution in [3.63, 3.8) is 0 Å². The van der Waals surface area contributed by atoms with Gasteiger partial charge in [0.2, 0.25) is 5.91 Å². The lowest BCUT2D eigenvalue weighted by molar-refractivity contribution is -0.692. The summed E-state index contributed by atoms with van der Waals surface area (Å²) < 4.78 is 0. The van der Waals surface area contributed by atoms with Crippen LogP contribution in [-0.2, 0) is 16.0 Å². The molecule has 0 saturated carbocycles. The van der Waals surface area contributed by atoms with Gasteiger partial charge in [-0.25, -0.2) is 0 Å². The van der Waals surface area contributed by atoms with Crippen molar-refractivity contribution in [2.24, 2.45) is 5.92 Å². The van der Waals surface area contributed by atoms with E-state index in [9.17, 15) is 9.59 Å². The Labute approximate surface area is 132 Å². The van der Waals surface area contributed by atoms with Gasteiger partial charge >= 0.3 is 0 Å². The summed E-state index contributed by atoms with van der Waals surface area (Å²) in [5.41, 5.74) is 7.25. The Morgan fingerprint density at radius 2 is 1.77 bits per heavy atom. The first-order valence-corrected chi connectivity index (χ1v) is 7.91. The van der Waals surface area contributed by atoms with E-state index in [1.807, 2.05) is 5.32 Å². The highest BCUT2D eigenvalue weighted by Gasteiger charge is 2.20. The van der Waals surface area contributed by atoms with Crippen LogP contribution in [0.3, 0.4) is 0 Å². The minimum absolute atomic E-state index is 0.205. The first-order valence-electron chi connectivity index (χ1n) is 7.91. The zero-order valence-corrected chi connectivity index (χ0v) is 14.0. The van der Waals surface area contributed by atoms with Crippen LogP contribution < -0.4 is 16.2 Å². The van der Waals surface area contributed by atoms with Crippen molar-refractivity contribution in [3.05, 3.63) is 35.4 Å². The number of rotatable bonds is 7. The van der Waals surface area contributed by atoms with E-state index in [4.69, 9.17) is 0 Å². The van der Waals surface area contributed by atoms with Gasteiger partial charge in [0.05, 0.1) is 0 Å². The number of hydrogen-bond donors (Lipinski definition) is 3. The van der Waals surface area contributed by atoms with Crippen LogP contribution in [0.2, 0.25) is 0 Å². The Morgan fingerprint density at radius 1 is 1.14 bits per heavy atom. The fraction of sp³-hybridized carbons (Fsp3) is 0.529. The minimum Gasteiger partial charge on any atom is -0.332 e. The zero-order chi connectivity index (χ0) is 16.5. The monoisotopic (exact) mass is 306 g/mol. The molecule has 0 unspecified atom stereocenters. The highest BCUT2D eigenvalue weighted by molar-refractivity contribution is 5.81. The number of carbonyl (C=O) groups is 2. The molecule has 122 valence electrons. The smallest absolute Gasteiger partial charge is 0.293 e. The molecule has 2 amide bonds. The first-order chi connectivity index (χ1) is 10.4. The molecule has 22 heavy (non-hydrogen) atoms. The number of hydrogen-bond acceptors (Lipinski definition) is 2. The highest BCUT2D eigenvalue weighted by Crippen LogP contribution is 2.18. The number of carbonyl (C=O) groups excluding carboxylic acids is 2. The van der Waals surface area contributed by atoms with Gasteiger partial charge in [0.25, 0.3) is 5.91 Å². The Morgan fingerprint density at radius 3 is 2.27 bits per heavy atom. The molecule has 5 nitrogen and oxygen atoms in total. The quantitative estimate of drug-likeness (QED) is 0.659. The fourth-order valence-corrected chi connectivity index (χ4v) is 2.43. The van der Waals surface area contributed by atoms with Crippen LogP contribution in [-0.4, -0.2) is 18.4 Å². The molecular weight excluding hydrogens is 278 g/mol. The van der Waals surface area contributed by atoms with Gasteiger partial charge in [-0.05, 0) is 12.0 Å². The van der Waals surface area contributed by atoms with Crippen LogP contribution in [0.15, 0.2) is 24.3 Å². The standard InChI is InChI=1S/C17H27N3O2/c1-5-6-14-7-9-15(10-8-14)17(12(2)3)18-11-16(22)20-19-13(4)21/h7-10,12,17-18H,5-6,11H2,1-4H3,(H,19,21)(H,20,22)/p+1/t17-/m1/s1. The Kier molecular flexibility index (Phi) is 7.60. The molecule has 0 aliphatic carbocycles. The summed E-state index contributed by atoms with van der Waals surface area (Å²) in [6.07, 6.45) is 2.23. The summed E-state index contributed by atoms with van der Waals surface area (Å²) in [5.74, 6) is -0.0747. The molecule has 0 fully saturated rings. The second kappa shape index (κ2) is 9.20. The molecule has 0 aromatic heterocycles. The highest BCUT2D eigenvalue weighted by atomic mass is 16.2. The molecule has 0 aliphatic rings. The van der Waals surface area contributed by atoms with E-state index < -0.39 is 0 Å². The van der Waals surface area contributed by atoms with E-state index in [1.165, 1.54) is 18.1 Å². The van der Waals surface area contributed by atoms with Crippen molar-refractivity contribution in [2.45, 2.75) is 46.6 Å². The molecular formula is C17H28N3O2+. The molecule has 0 saturated heterocycles. The molecule has 4 N–H and O–H groups in total. The van der Waals surface area contributed by atoms with E-state index in [0.29, 0.717) is 5.92 Å². The molecule has 0 heterocycles. The number of nitrogens with one attached hydrogen (secondary N) is 2. The molecule has 1 atom stereocenters. The SMILES string of the molecule is CCCc1ccc([C@H]([NH2+]CC(=O)NNC(C)=O)C(C)C)cc1. The largest absolute Gasteiger partial charge is 0.332 e. The van der Waals surface area contributed by atoms with Crippen LogP contribution in [0.4, 0.5) is 0 Å². The van der Waals surface area contributed by atoms with Gasteiger partial charge in [0.15, 0.2) is 6.54 Å². The number of nitrogens with two attached hydrogens (primary N) is 1. The Hall–Kier alpha value is -1.88. The van der Waals surface area contributed by atoms with Crippen LogP contribution in [0.5, 0.6) is 0 Å². The van der Waals surface area contributed by atoms with Crippen LogP contribution in [0.1, 0.15) is 51.3 Å². The summed E-state index contributed by atoms with van der Waals surface area (Å²) in [6.45, 7) is 8.10. The maximum absolute atomic E-state index is 11.7. The molecule has 1 rings (SSSR count). The number of hydrazine groups is 1. The number of aryl methyl sites for hydroxylation is 1. The minimum atomic E-state index is -0.278. The van der Waals surface area contributed by atoms with Crippen molar-refractivity contribution in [3.8, 4) is 0 Å². The molecule has 5 heteroatoms. The lowest BCUT2D eigenvalue weighted by atomic mass is 9.94. The van der Waals surface area contributed by atoms with Crippen molar-refractivity contribution in [2.75, 3.05) is 6.54 Å². The zero-order valence-electron chi connectivity index (χ0n) is 14.0. The van der Waals surface area contributed by atoms with E-state index >= 15 is 0 Å². The van der Waals surface area contributed by atoms with Gasteiger partial charge < -0.3 is 5.32 Å². The van der Waals surface area contributed by atoms with E-state index in [-0.39, 0.29) is 24.4 Å². The number of benzene rings is 1. The van der Waals surface area contributed by atoms with Crippen molar-refractivity contribution < 1.29 is 14.9 Å². The predicted molar refractivity (Wildman–Crippen MR) is 86.8 cm³/mol. The summed E-state index contributed by atoms with van der Waals surface area (Å²) >= 11 is 0. The van der Waals surface area contributed by atoms with Crippen LogP contribution in [0, 0.1) is 5.92 Å². The number of quaternary nitrogens is 1. The maximum Gasteiger partial charge on any atom is 0.293 e. The van der Waals surface area contributed by atoms with Crippen LogP contribution in [0.25, 0.3) is 0 Å². The van der Waals surface area contributed by atoms with E-state index in [2.05, 4.69) is 55.9 Å². The van der Waals surface area contributed by atoms with Gasteiger partial charge in [0, 0.05) is 18.4 Å². The van der Waals surface area contributed by atoms with Crippen molar-refractivity contribution >= 4 is 11.8 Å². The summed E-state index contributed by atoms with van der Waals surface area (Å²) in [6, 6.07) is 8.85. The number of amides is 2. The second-order valence-corrected chi connectivity index (χ2v) is 5.93. The summed E-state index contributed by atoms with van der Waals surface area (Å²) in [4.78, 5) is 22.5. The van der Waals surface area contributed by atoms with Crippen molar-refractivity contribution in [1.82, 2.24) is 10.9 Å². The molecule has 0 aliphatic heterocycles. The van der Waals surface area contributed by atoms with E-state index in [0.717, 1.165) is 12.8 Å². The van der Waals surface area contributed by atoms with Gasteiger partial charge in [-0.2, -0.15) is 0 Å². The average molecular weight is 306 g/mol. The third-order valence-electron chi connectivity index (χ3n) is 3.56. The van der Waals surface area contributed by atoms with Gasteiger partial charge in [-0.15, -0.1) is 0 Å². The van der Waals surface area contributed by atoms with Crippen LogP contribution >= 0.6 is 0 Å². The average Bonchev–Trinajstić information content (AvgIpc) is 2.47. The third kappa shape index (κ3) is 6.26. The normalized spacial score (nSPS) is 12.0. The third-order valence-corrected chi connectivity index (χ3v) is 3.56. The van der Waals surface area contributed by atoms with E-state index in [1.54, 1.807) is 0 Å². The lowest BCUT2D eigenvalue weighted by Gasteiger charge is -2.19. The van der Waals surface area contributed by atoms with Gasteiger partial charge in [-0.3, -0.25) is 20.4 Å². The Bertz CT molecular complexity index is 483. The summed E-state index contributed by atoms with van der Waals surface area (Å²) in [7, 11) is 0. The maximum atomic E-state index is 11.7. The lowest BCUT2D eigenvalue weighted by Crippen LogP contribution is -2.88. The molecule has 0 bridgehead atoms. The Balaban J connectivity index is 2.61. The predicted octanol–water partition coefficient (Wildman–Crippen LogP) is 1.07. The molecule has 0 spiro atoms. The van der Waals surface area contributed by atoms with Crippen molar-refractivity contribution in [1.29, 1.82) is 0 Å². The van der Waals surface area contributed by atoms with Gasteiger partial charge in [0.1, 0.15) is 6.04 Å². The first kappa shape index (κ1) is 18.2. The molecule has 1 aromatic carbocycles. The molecule has 0 radical (unpaired) electrons. The molecule has 1 aromatic rings.